The van der Waals surface area contributed by atoms with Crippen LogP contribution < -0.4 is 10.6 Å². The number of carbonyl (C=O) groups excluding carboxylic acids is 1. The van der Waals surface area contributed by atoms with Crippen molar-refractivity contribution >= 4 is 50.6 Å². The minimum Gasteiger partial charge on any atom is -0.360 e. The largest absolute Gasteiger partial charge is 0.360 e. The van der Waals surface area contributed by atoms with Crippen LogP contribution in [0.4, 0.5) is 10.8 Å². The third-order valence-corrected chi connectivity index (χ3v) is 5.44. The van der Waals surface area contributed by atoms with Crippen molar-refractivity contribution in [1.29, 1.82) is 0 Å². The van der Waals surface area contributed by atoms with Crippen molar-refractivity contribution in [2.75, 3.05) is 22.9 Å². The molecule has 7 heteroatoms. The second-order valence-electron chi connectivity index (χ2n) is 6.05. The molecule has 0 bridgehead atoms. The number of carbonyl (C=O) groups is 1. The molecular weight excluding hydrogens is 352 g/mol. The molecule has 0 aliphatic carbocycles. The molecular formula is C18H20N4OS2. The van der Waals surface area contributed by atoms with E-state index in [0.717, 1.165) is 32.5 Å². The summed E-state index contributed by atoms with van der Waals surface area (Å²) >= 11 is 2.87. The van der Waals surface area contributed by atoms with Gasteiger partial charge in [0.25, 0.3) is 0 Å². The van der Waals surface area contributed by atoms with Crippen LogP contribution >= 0.6 is 23.1 Å². The van der Waals surface area contributed by atoms with Gasteiger partial charge in [-0.15, -0.1) is 10.2 Å². The van der Waals surface area contributed by atoms with E-state index >= 15 is 0 Å². The first-order chi connectivity index (χ1) is 12.1. The van der Waals surface area contributed by atoms with Crippen molar-refractivity contribution in [2.45, 2.75) is 18.2 Å². The summed E-state index contributed by atoms with van der Waals surface area (Å²) < 4.78 is 0.792. The molecule has 0 saturated carbocycles. The third-order valence-electron chi connectivity index (χ3n) is 3.43. The fourth-order valence-corrected chi connectivity index (χ4v) is 3.78. The molecule has 0 aliphatic heterocycles. The fourth-order valence-electron chi connectivity index (χ4n) is 2.22. The minimum absolute atomic E-state index is 0.0489. The van der Waals surface area contributed by atoms with Gasteiger partial charge in [-0.1, -0.05) is 67.3 Å². The number of benzene rings is 2. The van der Waals surface area contributed by atoms with Gasteiger partial charge in [0, 0.05) is 12.2 Å². The van der Waals surface area contributed by atoms with Crippen molar-refractivity contribution in [3.63, 3.8) is 0 Å². The molecule has 5 nitrogen and oxygen atoms in total. The summed E-state index contributed by atoms with van der Waals surface area (Å²) in [5.41, 5.74) is 0.806. The molecule has 1 amide bonds. The normalized spacial score (nSPS) is 11.0. The zero-order valence-electron chi connectivity index (χ0n) is 14.2. The monoisotopic (exact) mass is 372 g/mol. The first-order valence-corrected chi connectivity index (χ1v) is 9.89. The maximum atomic E-state index is 12.2. The van der Waals surface area contributed by atoms with Crippen LogP contribution in [0.15, 0.2) is 46.8 Å². The fraction of sp³-hybridized carbons (Fsp3) is 0.278. The Labute approximate surface area is 155 Å². The first kappa shape index (κ1) is 17.7. The van der Waals surface area contributed by atoms with E-state index in [9.17, 15) is 4.79 Å². The molecule has 0 aliphatic rings. The molecule has 25 heavy (non-hydrogen) atoms. The van der Waals surface area contributed by atoms with Gasteiger partial charge in [-0.25, -0.2) is 0 Å². The number of nitrogens with one attached hydrogen (secondary N) is 2. The highest BCUT2D eigenvalue weighted by Crippen LogP contribution is 2.26. The summed E-state index contributed by atoms with van der Waals surface area (Å²) in [5.74, 6) is 0.811. The van der Waals surface area contributed by atoms with Crippen LogP contribution in [0, 0.1) is 5.92 Å². The first-order valence-electron chi connectivity index (χ1n) is 8.09. The lowest BCUT2D eigenvalue weighted by atomic mass is 10.1. The highest BCUT2D eigenvalue weighted by Gasteiger charge is 2.09. The molecule has 0 unspecified atom stereocenters. The number of hydrogen-bond donors (Lipinski definition) is 2. The van der Waals surface area contributed by atoms with Gasteiger partial charge in [-0.05, 0) is 28.8 Å². The lowest BCUT2D eigenvalue weighted by molar-refractivity contribution is -0.113. The molecule has 0 saturated heterocycles. The van der Waals surface area contributed by atoms with Crippen molar-refractivity contribution in [3.05, 3.63) is 42.5 Å². The van der Waals surface area contributed by atoms with E-state index < -0.39 is 0 Å². The standard InChI is InChI=1S/C18H20N4OS2/c1-12(2)10-19-17-21-22-18(25-17)24-11-16(23)20-15-8-7-13-5-3-4-6-14(13)9-15/h3-9,12H,10-11H2,1-2H3,(H,19,21)(H,20,23). The Morgan fingerprint density at radius 2 is 1.96 bits per heavy atom. The number of hydrogen-bond acceptors (Lipinski definition) is 6. The lowest BCUT2D eigenvalue weighted by Gasteiger charge is -2.06. The number of thioether (sulfide) groups is 1. The van der Waals surface area contributed by atoms with E-state index in [1.165, 1.54) is 23.1 Å². The smallest absolute Gasteiger partial charge is 0.234 e. The second-order valence-corrected chi connectivity index (χ2v) is 8.25. The third kappa shape index (κ3) is 5.17. The Bertz CT molecular complexity index is 863. The molecule has 3 rings (SSSR count). The predicted octanol–water partition coefficient (Wildman–Crippen LogP) is 4.49. The molecule has 3 aromatic rings. The molecule has 2 N–H and O–H groups in total. The van der Waals surface area contributed by atoms with E-state index in [4.69, 9.17) is 0 Å². The molecule has 0 atom stereocenters. The quantitative estimate of drug-likeness (QED) is 0.598. The molecule has 130 valence electrons. The highest BCUT2D eigenvalue weighted by molar-refractivity contribution is 8.01. The minimum atomic E-state index is -0.0489. The van der Waals surface area contributed by atoms with Crippen molar-refractivity contribution < 1.29 is 4.79 Å². The summed E-state index contributed by atoms with van der Waals surface area (Å²) in [4.78, 5) is 12.2. The van der Waals surface area contributed by atoms with Crippen molar-refractivity contribution in [1.82, 2.24) is 10.2 Å². The second kappa shape index (κ2) is 8.31. The van der Waals surface area contributed by atoms with Crippen LogP contribution in [-0.2, 0) is 4.79 Å². The van der Waals surface area contributed by atoms with Gasteiger partial charge in [0.15, 0.2) is 4.34 Å². The summed E-state index contributed by atoms with van der Waals surface area (Å²) in [6, 6.07) is 14.0. The number of fused-ring (bicyclic) bond motifs is 1. The molecule has 1 aromatic heterocycles. The lowest BCUT2D eigenvalue weighted by Crippen LogP contribution is -2.13. The van der Waals surface area contributed by atoms with Crippen LogP contribution in [-0.4, -0.2) is 28.4 Å². The zero-order chi connectivity index (χ0) is 17.6. The van der Waals surface area contributed by atoms with E-state index in [2.05, 4.69) is 40.7 Å². The van der Waals surface area contributed by atoms with Crippen molar-refractivity contribution in [2.24, 2.45) is 5.92 Å². The summed E-state index contributed by atoms with van der Waals surface area (Å²) in [6.07, 6.45) is 0. The van der Waals surface area contributed by atoms with E-state index in [1.807, 2.05) is 36.4 Å². The SMILES string of the molecule is CC(C)CNc1nnc(SCC(=O)Nc2ccc3ccccc3c2)s1. The van der Waals surface area contributed by atoms with Gasteiger partial charge in [-0.3, -0.25) is 4.79 Å². The summed E-state index contributed by atoms with van der Waals surface area (Å²) in [7, 11) is 0. The predicted molar refractivity (Wildman–Crippen MR) is 107 cm³/mol. The molecule has 0 radical (unpaired) electrons. The molecule has 1 heterocycles. The Morgan fingerprint density at radius 1 is 1.16 bits per heavy atom. The highest BCUT2D eigenvalue weighted by atomic mass is 32.2. The maximum Gasteiger partial charge on any atom is 0.234 e. The average Bonchev–Trinajstić information content (AvgIpc) is 3.06. The van der Waals surface area contributed by atoms with E-state index in [-0.39, 0.29) is 5.91 Å². The van der Waals surface area contributed by atoms with Crippen molar-refractivity contribution in [3.8, 4) is 0 Å². The Hall–Kier alpha value is -2.12. The van der Waals surface area contributed by atoms with Gasteiger partial charge < -0.3 is 10.6 Å². The number of anilines is 2. The topological polar surface area (TPSA) is 66.9 Å². The van der Waals surface area contributed by atoms with Crippen LogP contribution in [0.25, 0.3) is 10.8 Å². The zero-order valence-corrected chi connectivity index (χ0v) is 15.8. The molecule has 0 spiro atoms. The number of rotatable bonds is 7. The Kier molecular flexibility index (Phi) is 5.88. The van der Waals surface area contributed by atoms with Crippen LogP contribution in [0.1, 0.15) is 13.8 Å². The summed E-state index contributed by atoms with van der Waals surface area (Å²) in [5, 5.41) is 17.4. The number of amides is 1. The maximum absolute atomic E-state index is 12.2. The van der Waals surface area contributed by atoms with Gasteiger partial charge in [0.05, 0.1) is 5.75 Å². The number of nitrogens with zero attached hydrogens (tertiary/aromatic N) is 2. The molecule has 2 aromatic carbocycles. The van der Waals surface area contributed by atoms with Gasteiger partial charge in [0.2, 0.25) is 11.0 Å². The molecule has 0 fully saturated rings. The summed E-state index contributed by atoms with van der Waals surface area (Å²) in [6.45, 7) is 5.14. The number of aromatic nitrogens is 2. The van der Waals surface area contributed by atoms with Gasteiger partial charge in [0.1, 0.15) is 0 Å². The van der Waals surface area contributed by atoms with Gasteiger partial charge >= 0.3 is 0 Å². The van der Waals surface area contributed by atoms with Crippen LogP contribution in [0.2, 0.25) is 0 Å². The Morgan fingerprint density at radius 3 is 2.76 bits per heavy atom. The average molecular weight is 373 g/mol. The van der Waals surface area contributed by atoms with E-state index in [0.29, 0.717) is 11.7 Å². The van der Waals surface area contributed by atoms with Crippen LogP contribution in [0.3, 0.4) is 0 Å². The Balaban J connectivity index is 1.52. The van der Waals surface area contributed by atoms with Gasteiger partial charge in [-0.2, -0.15) is 0 Å². The van der Waals surface area contributed by atoms with E-state index in [1.54, 1.807) is 0 Å². The van der Waals surface area contributed by atoms with Crippen LogP contribution in [0.5, 0.6) is 0 Å².